The van der Waals surface area contributed by atoms with Crippen molar-refractivity contribution in [2.24, 2.45) is 0 Å². The van der Waals surface area contributed by atoms with Crippen LogP contribution in [0.15, 0.2) is 41.4 Å². The fourth-order valence-electron chi connectivity index (χ4n) is 3.30. The lowest BCUT2D eigenvalue weighted by atomic mass is 9.92. The van der Waals surface area contributed by atoms with E-state index < -0.39 is 10.0 Å². The summed E-state index contributed by atoms with van der Waals surface area (Å²) in [5, 5.41) is 0. The summed E-state index contributed by atoms with van der Waals surface area (Å²) in [7, 11) is -3.42. The van der Waals surface area contributed by atoms with Gasteiger partial charge >= 0.3 is 0 Å². The molecule has 2 heterocycles. The van der Waals surface area contributed by atoms with Crippen molar-refractivity contribution in [1.82, 2.24) is 14.3 Å². The van der Waals surface area contributed by atoms with Crippen molar-refractivity contribution in [3.63, 3.8) is 0 Å². The number of aryl methyl sites for hydroxylation is 1. The molecule has 26 heavy (non-hydrogen) atoms. The van der Waals surface area contributed by atoms with Crippen molar-refractivity contribution in [3.05, 3.63) is 53.6 Å². The third-order valence-corrected chi connectivity index (χ3v) is 6.61. The molecule has 1 aliphatic heterocycles. The molecule has 0 atom stereocenters. The van der Waals surface area contributed by atoms with Gasteiger partial charge in [0.15, 0.2) is 0 Å². The Morgan fingerprint density at radius 2 is 1.88 bits per heavy atom. The summed E-state index contributed by atoms with van der Waals surface area (Å²) in [5.41, 5.74) is 2.00. The molecule has 0 unspecified atom stereocenters. The maximum atomic E-state index is 12.8. The molecule has 1 aromatic heterocycles. The Hall–Kier alpha value is -1.83. The first-order valence-corrected chi connectivity index (χ1v) is 10.4. The number of hydrogen-bond donors (Lipinski definition) is 0. The third kappa shape index (κ3) is 4.11. The molecular weight excluding hydrogens is 350 g/mol. The Kier molecular flexibility index (Phi) is 6.01. The standard InChI is InChI=1S/C19H25N3O3S/c1-3-25-14-17-13-20-15(2)21-19(17)16-9-11-22(12-10-16)26(23,24)18-7-5-4-6-8-18/h4-8,13,16H,3,9-12,14H2,1-2H3. The average molecular weight is 375 g/mol. The van der Waals surface area contributed by atoms with Crippen LogP contribution in [0.2, 0.25) is 0 Å². The van der Waals surface area contributed by atoms with Crippen molar-refractivity contribution in [3.8, 4) is 0 Å². The van der Waals surface area contributed by atoms with Crippen molar-refractivity contribution >= 4 is 10.0 Å². The first-order chi connectivity index (χ1) is 12.5. The number of benzene rings is 1. The van der Waals surface area contributed by atoms with E-state index in [1.165, 1.54) is 0 Å². The van der Waals surface area contributed by atoms with Gasteiger partial charge in [0, 0.05) is 37.4 Å². The summed E-state index contributed by atoms with van der Waals surface area (Å²) in [6.45, 7) is 5.97. The van der Waals surface area contributed by atoms with Crippen LogP contribution in [0.1, 0.15) is 42.8 Å². The molecule has 1 aliphatic rings. The lowest BCUT2D eigenvalue weighted by Crippen LogP contribution is -2.38. The van der Waals surface area contributed by atoms with Crippen LogP contribution in [0.4, 0.5) is 0 Å². The predicted octanol–water partition coefficient (Wildman–Crippen LogP) is 2.89. The molecule has 1 saturated heterocycles. The number of nitrogens with zero attached hydrogens (tertiary/aromatic N) is 3. The SMILES string of the molecule is CCOCc1cnc(C)nc1C1CCN(S(=O)(=O)c2ccccc2)CC1. The number of rotatable bonds is 6. The highest BCUT2D eigenvalue weighted by Gasteiger charge is 2.31. The monoisotopic (exact) mass is 375 g/mol. The second kappa shape index (κ2) is 8.24. The molecule has 140 valence electrons. The average Bonchev–Trinajstić information content (AvgIpc) is 2.68. The Labute approximate surface area is 155 Å². The molecule has 1 aromatic carbocycles. The number of aromatic nitrogens is 2. The molecule has 0 radical (unpaired) electrons. The van der Waals surface area contributed by atoms with E-state index in [0.29, 0.717) is 31.2 Å². The molecule has 0 N–H and O–H groups in total. The summed E-state index contributed by atoms with van der Waals surface area (Å²) in [4.78, 5) is 9.27. The summed E-state index contributed by atoms with van der Waals surface area (Å²) in [5.74, 6) is 0.967. The lowest BCUT2D eigenvalue weighted by molar-refractivity contribution is 0.132. The van der Waals surface area contributed by atoms with E-state index in [-0.39, 0.29) is 5.92 Å². The summed E-state index contributed by atoms with van der Waals surface area (Å²) < 4.78 is 32.7. The molecule has 2 aromatic rings. The van der Waals surface area contributed by atoms with E-state index in [0.717, 1.165) is 29.9 Å². The highest BCUT2D eigenvalue weighted by Crippen LogP contribution is 2.31. The van der Waals surface area contributed by atoms with Gasteiger partial charge in [-0.25, -0.2) is 18.4 Å². The van der Waals surface area contributed by atoms with Crippen molar-refractivity contribution in [1.29, 1.82) is 0 Å². The zero-order valence-electron chi connectivity index (χ0n) is 15.3. The van der Waals surface area contributed by atoms with Gasteiger partial charge in [-0.3, -0.25) is 0 Å². The van der Waals surface area contributed by atoms with E-state index in [1.807, 2.05) is 26.1 Å². The smallest absolute Gasteiger partial charge is 0.243 e. The normalized spacial score (nSPS) is 16.7. The maximum absolute atomic E-state index is 12.8. The van der Waals surface area contributed by atoms with E-state index in [2.05, 4.69) is 9.97 Å². The highest BCUT2D eigenvalue weighted by molar-refractivity contribution is 7.89. The summed E-state index contributed by atoms with van der Waals surface area (Å²) in [6.07, 6.45) is 3.34. The van der Waals surface area contributed by atoms with E-state index in [4.69, 9.17) is 4.74 Å². The molecule has 0 spiro atoms. The van der Waals surface area contributed by atoms with Gasteiger partial charge in [0.2, 0.25) is 10.0 Å². The van der Waals surface area contributed by atoms with Gasteiger partial charge < -0.3 is 4.74 Å². The quantitative estimate of drug-likeness (QED) is 0.776. The minimum absolute atomic E-state index is 0.231. The Morgan fingerprint density at radius 1 is 1.19 bits per heavy atom. The minimum Gasteiger partial charge on any atom is -0.377 e. The number of ether oxygens (including phenoxy) is 1. The van der Waals surface area contributed by atoms with Crippen LogP contribution in [0.5, 0.6) is 0 Å². The molecule has 0 bridgehead atoms. The first kappa shape index (κ1) is 18.9. The van der Waals surface area contributed by atoms with Crippen LogP contribution in [0, 0.1) is 6.92 Å². The second-order valence-electron chi connectivity index (χ2n) is 6.46. The summed E-state index contributed by atoms with van der Waals surface area (Å²) >= 11 is 0. The molecule has 3 rings (SSSR count). The zero-order valence-corrected chi connectivity index (χ0v) is 16.1. The van der Waals surface area contributed by atoms with Gasteiger partial charge in [-0.05, 0) is 38.8 Å². The van der Waals surface area contributed by atoms with E-state index >= 15 is 0 Å². The minimum atomic E-state index is -3.42. The topological polar surface area (TPSA) is 72.4 Å². The zero-order chi connectivity index (χ0) is 18.6. The Balaban J connectivity index is 1.74. The molecule has 0 aliphatic carbocycles. The van der Waals surface area contributed by atoms with Gasteiger partial charge in [0.1, 0.15) is 5.82 Å². The van der Waals surface area contributed by atoms with Crippen LogP contribution >= 0.6 is 0 Å². The molecule has 7 heteroatoms. The van der Waals surface area contributed by atoms with Crippen LogP contribution in [-0.2, 0) is 21.4 Å². The number of piperidine rings is 1. The van der Waals surface area contributed by atoms with Crippen molar-refractivity contribution in [2.45, 2.75) is 44.1 Å². The van der Waals surface area contributed by atoms with Crippen molar-refractivity contribution in [2.75, 3.05) is 19.7 Å². The lowest BCUT2D eigenvalue weighted by Gasteiger charge is -2.31. The fraction of sp³-hybridized carbons (Fsp3) is 0.474. The highest BCUT2D eigenvalue weighted by atomic mass is 32.2. The maximum Gasteiger partial charge on any atom is 0.243 e. The van der Waals surface area contributed by atoms with Crippen molar-refractivity contribution < 1.29 is 13.2 Å². The van der Waals surface area contributed by atoms with Crippen LogP contribution in [-0.4, -0.2) is 42.4 Å². The molecule has 0 amide bonds. The summed E-state index contributed by atoms with van der Waals surface area (Å²) in [6, 6.07) is 8.63. The van der Waals surface area contributed by atoms with Gasteiger partial charge in [-0.15, -0.1) is 0 Å². The van der Waals surface area contributed by atoms with Gasteiger partial charge in [-0.2, -0.15) is 4.31 Å². The molecule has 1 fully saturated rings. The van der Waals surface area contributed by atoms with Crippen LogP contribution in [0.25, 0.3) is 0 Å². The van der Waals surface area contributed by atoms with E-state index in [1.54, 1.807) is 28.6 Å². The van der Waals surface area contributed by atoms with Crippen LogP contribution in [0.3, 0.4) is 0 Å². The Bertz CT molecular complexity index is 832. The van der Waals surface area contributed by atoms with Gasteiger partial charge in [0.05, 0.1) is 17.2 Å². The molecule has 0 saturated carbocycles. The van der Waals surface area contributed by atoms with E-state index in [9.17, 15) is 8.42 Å². The van der Waals surface area contributed by atoms with Gasteiger partial charge in [-0.1, -0.05) is 18.2 Å². The first-order valence-electron chi connectivity index (χ1n) is 8.97. The largest absolute Gasteiger partial charge is 0.377 e. The Morgan fingerprint density at radius 3 is 2.54 bits per heavy atom. The predicted molar refractivity (Wildman–Crippen MR) is 99.3 cm³/mol. The molecular formula is C19H25N3O3S. The number of hydrogen-bond acceptors (Lipinski definition) is 5. The number of sulfonamides is 1. The molecule has 6 nitrogen and oxygen atoms in total. The van der Waals surface area contributed by atoms with Gasteiger partial charge in [0.25, 0.3) is 0 Å². The fourth-order valence-corrected chi connectivity index (χ4v) is 4.79. The third-order valence-electron chi connectivity index (χ3n) is 4.70. The second-order valence-corrected chi connectivity index (χ2v) is 8.39. The van der Waals surface area contributed by atoms with Crippen LogP contribution < -0.4 is 0 Å².